The molecular weight excluding hydrogens is 268 g/mol. The van der Waals surface area contributed by atoms with Gasteiger partial charge in [0.1, 0.15) is 5.69 Å². The quantitative estimate of drug-likeness (QED) is 0.370. The van der Waals surface area contributed by atoms with Gasteiger partial charge in [0, 0.05) is 19.2 Å². The van der Waals surface area contributed by atoms with Crippen molar-refractivity contribution in [3.8, 4) is 0 Å². The molecule has 0 aliphatic heterocycles. The normalized spacial score (nSPS) is 10.6. The van der Waals surface area contributed by atoms with Crippen LogP contribution >= 0.6 is 0 Å². The Hall–Kier alpha value is -1.62. The second kappa shape index (κ2) is 10.2. The molecule has 0 saturated carbocycles. The summed E-state index contributed by atoms with van der Waals surface area (Å²) in [5.41, 5.74) is 1.64. The van der Waals surface area contributed by atoms with Gasteiger partial charge in [-0.25, -0.2) is 0 Å². The third kappa shape index (κ3) is 6.58. The van der Waals surface area contributed by atoms with Crippen LogP contribution in [-0.2, 0) is 11.3 Å². The third-order valence-electron chi connectivity index (χ3n) is 3.29. The fourth-order valence-electron chi connectivity index (χ4n) is 2.16. The first-order valence-corrected chi connectivity index (χ1v) is 7.78. The zero-order valence-electron chi connectivity index (χ0n) is 13.1. The summed E-state index contributed by atoms with van der Waals surface area (Å²) in [6.45, 7) is 6.03. The van der Waals surface area contributed by atoms with Gasteiger partial charge in [-0.3, -0.25) is 10.1 Å². The summed E-state index contributed by atoms with van der Waals surface area (Å²) in [7, 11) is 0. The molecule has 1 aromatic carbocycles. The summed E-state index contributed by atoms with van der Waals surface area (Å²) in [4.78, 5) is 10.6. The SMILES string of the molecule is CCCCCCCOCc1ccc([N+](=O)[O-])c(NCC)c1. The number of nitro groups is 1. The molecule has 21 heavy (non-hydrogen) atoms. The van der Waals surface area contributed by atoms with Gasteiger partial charge in [-0.1, -0.05) is 32.6 Å². The maximum Gasteiger partial charge on any atom is 0.292 e. The number of nitrogens with zero attached hydrogens (tertiary/aromatic N) is 1. The number of ether oxygens (including phenoxy) is 1. The van der Waals surface area contributed by atoms with Crippen molar-refractivity contribution in [2.75, 3.05) is 18.5 Å². The van der Waals surface area contributed by atoms with E-state index in [4.69, 9.17) is 4.74 Å². The standard InChI is InChI=1S/C16H26N2O3/c1-3-5-6-7-8-11-21-13-14-9-10-16(18(19)20)15(12-14)17-4-2/h9-10,12,17H,3-8,11,13H2,1-2H3. The van der Waals surface area contributed by atoms with Crippen molar-refractivity contribution in [2.24, 2.45) is 0 Å². The molecule has 1 N–H and O–H groups in total. The second-order valence-electron chi connectivity index (χ2n) is 5.11. The van der Waals surface area contributed by atoms with Crippen molar-refractivity contribution in [2.45, 2.75) is 52.6 Å². The van der Waals surface area contributed by atoms with E-state index in [0.29, 0.717) is 18.8 Å². The Morgan fingerprint density at radius 2 is 1.95 bits per heavy atom. The fourth-order valence-corrected chi connectivity index (χ4v) is 2.16. The van der Waals surface area contributed by atoms with E-state index in [2.05, 4.69) is 12.2 Å². The zero-order chi connectivity index (χ0) is 15.5. The topological polar surface area (TPSA) is 64.4 Å². The molecule has 5 heteroatoms. The van der Waals surface area contributed by atoms with Crippen LogP contribution in [0.2, 0.25) is 0 Å². The molecule has 0 atom stereocenters. The van der Waals surface area contributed by atoms with Gasteiger partial charge in [0.05, 0.1) is 11.5 Å². The molecule has 0 heterocycles. The van der Waals surface area contributed by atoms with Crippen LogP contribution in [0.5, 0.6) is 0 Å². The Morgan fingerprint density at radius 1 is 1.19 bits per heavy atom. The van der Waals surface area contributed by atoms with Crippen LogP contribution in [0.15, 0.2) is 18.2 Å². The Kier molecular flexibility index (Phi) is 8.43. The number of benzene rings is 1. The lowest BCUT2D eigenvalue weighted by atomic mass is 10.1. The molecule has 0 aliphatic rings. The van der Waals surface area contributed by atoms with Crippen molar-refractivity contribution >= 4 is 11.4 Å². The lowest BCUT2D eigenvalue weighted by Gasteiger charge is -2.08. The predicted octanol–water partition coefficient (Wildman–Crippen LogP) is 4.51. The third-order valence-corrected chi connectivity index (χ3v) is 3.29. The average Bonchev–Trinajstić information content (AvgIpc) is 2.46. The van der Waals surface area contributed by atoms with Crippen molar-refractivity contribution < 1.29 is 9.66 Å². The number of nitrogens with one attached hydrogen (secondary N) is 1. The van der Waals surface area contributed by atoms with Crippen molar-refractivity contribution in [3.05, 3.63) is 33.9 Å². The van der Waals surface area contributed by atoms with Crippen LogP contribution in [0, 0.1) is 10.1 Å². The minimum atomic E-state index is -0.365. The fraction of sp³-hybridized carbons (Fsp3) is 0.625. The van der Waals surface area contributed by atoms with E-state index in [1.807, 2.05) is 6.92 Å². The van der Waals surface area contributed by atoms with Crippen LogP contribution in [-0.4, -0.2) is 18.1 Å². The molecule has 0 aromatic heterocycles. The number of hydrogen-bond donors (Lipinski definition) is 1. The molecular formula is C16H26N2O3. The molecule has 0 radical (unpaired) electrons. The van der Waals surface area contributed by atoms with E-state index in [0.717, 1.165) is 18.6 Å². The molecule has 0 aliphatic carbocycles. The highest BCUT2D eigenvalue weighted by molar-refractivity contribution is 5.62. The van der Waals surface area contributed by atoms with Crippen molar-refractivity contribution in [1.82, 2.24) is 0 Å². The van der Waals surface area contributed by atoms with Gasteiger partial charge in [0.15, 0.2) is 0 Å². The van der Waals surface area contributed by atoms with Crippen LogP contribution in [0.3, 0.4) is 0 Å². The first-order chi connectivity index (χ1) is 10.2. The number of unbranched alkanes of at least 4 members (excludes halogenated alkanes) is 4. The molecule has 0 unspecified atom stereocenters. The van der Waals surface area contributed by atoms with E-state index in [-0.39, 0.29) is 10.6 Å². The smallest absolute Gasteiger partial charge is 0.292 e. The molecule has 0 bridgehead atoms. The van der Waals surface area contributed by atoms with Gasteiger partial charge in [-0.2, -0.15) is 0 Å². The van der Waals surface area contributed by atoms with E-state index in [1.165, 1.54) is 31.7 Å². The largest absolute Gasteiger partial charge is 0.380 e. The summed E-state index contributed by atoms with van der Waals surface area (Å²) in [6, 6.07) is 5.10. The van der Waals surface area contributed by atoms with Crippen LogP contribution in [0.4, 0.5) is 11.4 Å². The first-order valence-electron chi connectivity index (χ1n) is 7.78. The van der Waals surface area contributed by atoms with E-state index in [9.17, 15) is 10.1 Å². The number of nitro benzene ring substituents is 1. The Balaban J connectivity index is 2.41. The molecule has 0 amide bonds. The first kappa shape index (κ1) is 17.4. The summed E-state index contributed by atoms with van der Waals surface area (Å²) in [5, 5.41) is 14.0. The lowest BCUT2D eigenvalue weighted by Crippen LogP contribution is -2.03. The van der Waals surface area contributed by atoms with Crippen LogP contribution in [0.25, 0.3) is 0 Å². The molecule has 1 aromatic rings. The maximum atomic E-state index is 10.9. The Bertz CT molecular complexity index is 436. The average molecular weight is 294 g/mol. The minimum Gasteiger partial charge on any atom is -0.380 e. The van der Waals surface area contributed by atoms with E-state index < -0.39 is 0 Å². The van der Waals surface area contributed by atoms with Gasteiger partial charge >= 0.3 is 0 Å². The summed E-state index contributed by atoms with van der Waals surface area (Å²) < 4.78 is 5.64. The maximum absolute atomic E-state index is 10.9. The predicted molar refractivity (Wildman–Crippen MR) is 85.7 cm³/mol. The van der Waals surface area contributed by atoms with Gasteiger partial charge in [-0.05, 0) is 31.0 Å². The monoisotopic (exact) mass is 294 g/mol. The number of anilines is 1. The molecule has 0 spiro atoms. The molecule has 0 saturated heterocycles. The summed E-state index contributed by atoms with van der Waals surface area (Å²) in [6.07, 6.45) is 6.08. The number of hydrogen-bond acceptors (Lipinski definition) is 4. The van der Waals surface area contributed by atoms with Crippen LogP contribution < -0.4 is 5.32 Å². The molecule has 5 nitrogen and oxygen atoms in total. The van der Waals surface area contributed by atoms with Gasteiger partial charge in [-0.15, -0.1) is 0 Å². The minimum absolute atomic E-state index is 0.111. The van der Waals surface area contributed by atoms with Crippen molar-refractivity contribution in [1.29, 1.82) is 0 Å². The summed E-state index contributed by atoms with van der Waals surface area (Å²) >= 11 is 0. The van der Waals surface area contributed by atoms with Gasteiger partial charge in [0.25, 0.3) is 5.69 Å². The highest BCUT2D eigenvalue weighted by Gasteiger charge is 2.13. The Labute approximate surface area is 126 Å². The highest BCUT2D eigenvalue weighted by atomic mass is 16.6. The van der Waals surface area contributed by atoms with E-state index >= 15 is 0 Å². The zero-order valence-corrected chi connectivity index (χ0v) is 13.1. The molecule has 0 fully saturated rings. The van der Waals surface area contributed by atoms with Gasteiger partial charge in [0.2, 0.25) is 0 Å². The lowest BCUT2D eigenvalue weighted by molar-refractivity contribution is -0.384. The number of rotatable bonds is 11. The van der Waals surface area contributed by atoms with Crippen LogP contribution in [0.1, 0.15) is 51.5 Å². The molecule has 118 valence electrons. The second-order valence-corrected chi connectivity index (χ2v) is 5.11. The highest BCUT2D eigenvalue weighted by Crippen LogP contribution is 2.25. The van der Waals surface area contributed by atoms with Crippen molar-refractivity contribution in [3.63, 3.8) is 0 Å². The van der Waals surface area contributed by atoms with E-state index in [1.54, 1.807) is 12.1 Å². The summed E-state index contributed by atoms with van der Waals surface area (Å²) in [5.74, 6) is 0. The Morgan fingerprint density at radius 3 is 2.62 bits per heavy atom. The van der Waals surface area contributed by atoms with Gasteiger partial charge < -0.3 is 10.1 Å². The molecule has 1 rings (SSSR count).